The maximum absolute atomic E-state index is 13.4. The fourth-order valence-corrected chi connectivity index (χ4v) is 3.90. The third-order valence-electron chi connectivity index (χ3n) is 4.20. The van der Waals surface area contributed by atoms with Crippen molar-refractivity contribution in [1.29, 1.82) is 0 Å². The Bertz CT molecular complexity index is 1240. The first-order valence-electron chi connectivity index (χ1n) is 9.69. The molecule has 3 amide bonds. The number of fused-ring (bicyclic) bond motifs is 1. The number of nitrogens with one attached hydrogen (secondary N) is 2. The Labute approximate surface area is 194 Å². The number of hydrogen-bond donors (Lipinski definition) is 2. The molecule has 0 saturated heterocycles. The summed E-state index contributed by atoms with van der Waals surface area (Å²) in [6.45, 7) is 5.42. The number of aromatic nitrogens is 2. The molecule has 0 fully saturated rings. The predicted octanol–water partition coefficient (Wildman–Crippen LogP) is 3.76. The number of ether oxygens (including phenoxy) is 1. The Morgan fingerprint density at radius 3 is 2.59 bits per heavy atom. The highest BCUT2D eigenvalue weighted by molar-refractivity contribution is 7.99. The van der Waals surface area contributed by atoms with Gasteiger partial charge in [-0.15, -0.1) is 0 Å². The lowest BCUT2D eigenvalue weighted by molar-refractivity contribution is -0.117. The highest BCUT2D eigenvalue weighted by Crippen LogP contribution is 2.27. The van der Waals surface area contributed by atoms with E-state index in [0.717, 1.165) is 11.8 Å². The molecule has 0 aliphatic heterocycles. The highest BCUT2D eigenvalue weighted by atomic mass is 35.5. The van der Waals surface area contributed by atoms with Gasteiger partial charge in [0.25, 0.3) is 5.56 Å². The van der Waals surface area contributed by atoms with Gasteiger partial charge in [0.1, 0.15) is 5.75 Å². The summed E-state index contributed by atoms with van der Waals surface area (Å²) in [6.07, 6.45) is 0. The lowest BCUT2D eigenvalue weighted by Gasteiger charge is -2.20. The Hall–Kier alpha value is -3.04. The van der Waals surface area contributed by atoms with E-state index in [2.05, 4.69) is 15.6 Å². The first kappa shape index (κ1) is 23.6. The van der Waals surface area contributed by atoms with Gasteiger partial charge in [0.15, 0.2) is 5.16 Å². The Balaban J connectivity index is 1.99. The summed E-state index contributed by atoms with van der Waals surface area (Å²) < 4.78 is 6.81. The third-order valence-corrected chi connectivity index (χ3v) is 5.37. The normalized spacial score (nSPS) is 11.3. The first-order chi connectivity index (χ1) is 15.1. The van der Waals surface area contributed by atoms with E-state index in [4.69, 9.17) is 16.3 Å². The van der Waals surface area contributed by atoms with Gasteiger partial charge in [-0.25, -0.2) is 9.78 Å². The number of hydrogen-bond acceptors (Lipinski definition) is 6. The molecule has 0 radical (unpaired) electrons. The van der Waals surface area contributed by atoms with Crippen LogP contribution in [0.5, 0.6) is 5.75 Å². The van der Waals surface area contributed by atoms with Gasteiger partial charge in [-0.2, -0.15) is 0 Å². The summed E-state index contributed by atoms with van der Waals surface area (Å²) in [5.41, 5.74) is 0.0745. The van der Waals surface area contributed by atoms with Crippen LogP contribution >= 0.6 is 23.4 Å². The molecule has 0 aliphatic carbocycles. The Morgan fingerprint density at radius 1 is 1.19 bits per heavy atom. The lowest BCUT2D eigenvalue weighted by atomic mass is 10.1. The van der Waals surface area contributed by atoms with Crippen LogP contribution in [-0.2, 0) is 4.79 Å². The fourth-order valence-electron chi connectivity index (χ4n) is 2.93. The third kappa shape index (κ3) is 5.60. The molecule has 10 heteroatoms. The standard InChI is InChI=1S/C22H23ClN4O4S/c1-22(2,3)26-20(30)25-18(28)12-32-21-24-15-11-13(23)9-10-14(15)19(29)27(21)16-7-5-6-8-17(16)31-4/h5-11H,12H2,1-4H3,(H2,25,26,28,30). The number of carbonyl (C=O) groups is 2. The van der Waals surface area contributed by atoms with Crippen molar-refractivity contribution in [2.45, 2.75) is 31.5 Å². The quantitative estimate of drug-likeness (QED) is 0.431. The molecular weight excluding hydrogens is 452 g/mol. The molecule has 2 aromatic carbocycles. The summed E-state index contributed by atoms with van der Waals surface area (Å²) in [7, 11) is 1.51. The van der Waals surface area contributed by atoms with Crippen molar-refractivity contribution < 1.29 is 14.3 Å². The minimum atomic E-state index is -0.594. The van der Waals surface area contributed by atoms with Crippen molar-refractivity contribution in [2.24, 2.45) is 0 Å². The van der Waals surface area contributed by atoms with Crippen LogP contribution in [0.3, 0.4) is 0 Å². The van der Waals surface area contributed by atoms with E-state index in [0.29, 0.717) is 27.4 Å². The number of methoxy groups -OCH3 is 1. The van der Waals surface area contributed by atoms with Crippen molar-refractivity contribution in [1.82, 2.24) is 20.2 Å². The minimum Gasteiger partial charge on any atom is -0.495 e. The number of imide groups is 1. The number of para-hydroxylation sites is 2. The zero-order valence-corrected chi connectivity index (χ0v) is 19.6. The van der Waals surface area contributed by atoms with Crippen LogP contribution in [0.4, 0.5) is 4.79 Å². The molecule has 8 nitrogen and oxygen atoms in total. The van der Waals surface area contributed by atoms with Gasteiger partial charge in [0, 0.05) is 10.6 Å². The van der Waals surface area contributed by atoms with Crippen molar-refractivity contribution in [3.63, 3.8) is 0 Å². The number of rotatable bonds is 5. The topological polar surface area (TPSA) is 102 Å². The Morgan fingerprint density at radius 2 is 1.91 bits per heavy atom. The van der Waals surface area contributed by atoms with Crippen LogP contribution in [0.2, 0.25) is 5.02 Å². The number of urea groups is 1. The average molecular weight is 475 g/mol. The van der Waals surface area contributed by atoms with Crippen LogP contribution in [0.15, 0.2) is 52.4 Å². The van der Waals surface area contributed by atoms with Crippen molar-refractivity contribution >= 4 is 46.2 Å². The smallest absolute Gasteiger partial charge is 0.321 e. The summed E-state index contributed by atoms with van der Waals surface area (Å²) in [5, 5.41) is 6.01. The second-order valence-electron chi connectivity index (χ2n) is 7.91. The van der Waals surface area contributed by atoms with Crippen LogP contribution in [-0.4, -0.2) is 39.9 Å². The van der Waals surface area contributed by atoms with Gasteiger partial charge >= 0.3 is 6.03 Å². The van der Waals surface area contributed by atoms with E-state index < -0.39 is 17.5 Å². The molecule has 168 valence electrons. The lowest BCUT2D eigenvalue weighted by Crippen LogP contribution is -2.48. The molecule has 1 heterocycles. The number of thioether (sulfide) groups is 1. The van der Waals surface area contributed by atoms with Crippen LogP contribution in [0, 0.1) is 0 Å². The SMILES string of the molecule is COc1ccccc1-n1c(SCC(=O)NC(=O)NC(C)(C)C)nc2cc(Cl)ccc2c1=O. The van der Waals surface area contributed by atoms with Gasteiger partial charge in [-0.05, 0) is 51.1 Å². The second-order valence-corrected chi connectivity index (χ2v) is 9.29. The van der Waals surface area contributed by atoms with E-state index in [-0.39, 0.29) is 16.5 Å². The fraction of sp³-hybridized carbons (Fsp3) is 0.273. The maximum atomic E-state index is 13.4. The van der Waals surface area contributed by atoms with Crippen LogP contribution in [0.25, 0.3) is 16.6 Å². The Kier molecular flexibility index (Phi) is 7.10. The monoisotopic (exact) mass is 474 g/mol. The van der Waals surface area contributed by atoms with E-state index in [1.165, 1.54) is 11.7 Å². The average Bonchev–Trinajstić information content (AvgIpc) is 2.70. The molecule has 3 aromatic rings. The highest BCUT2D eigenvalue weighted by Gasteiger charge is 2.19. The van der Waals surface area contributed by atoms with E-state index >= 15 is 0 Å². The molecule has 0 saturated carbocycles. The molecule has 0 aliphatic rings. The molecule has 0 spiro atoms. The molecule has 0 unspecified atom stereocenters. The summed E-state index contributed by atoms with van der Waals surface area (Å²) in [4.78, 5) is 42.2. The van der Waals surface area contributed by atoms with Gasteiger partial charge < -0.3 is 10.1 Å². The number of carbonyl (C=O) groups excluding carboxylic acids is 2. The van der Waals surface area contributed by atoms with Gasteiger partial charge in [0.2, 0.25) is 5.91 Å². The second kappa shape index (κ2) is 9.62. The van der Waals surface area contributed by atoms with E-state index in [9.17, 15) is 14.4 Å². The summed E-state index contributed by atoms with van der Waals surface area (Å²) in [5.74, 6) is -0.185. The molecule has 32 heavy (non-hydrogen) atoms. The molecule has 0 atom stereocenters. The zero-order valence-electron chi connectivity index (χ0n) is 18.1. The number of nitrogens with zero attached hydrogens (tertiary/aromatic N) is 2. The maximum Gasteiger partial charge on any atom is 0.321 e. The van der Waals surface area contributed by atoms with Gasteiger partial charge in [-0.1, -0.05) is 35.5 Å². The molecule has 3 rings (SSSR count). The molecule has 2 N–H and O–H groups in total. The van der Waals surface area contributed by atoms with Crippen LogP contribution < -0.4 is 20.9 Å². The van der Waals surface area contributed by atoms with E-state index in [1.807, 2.05) is 20.8 Å². The molecule has 0 bridgehead atoms. The first-order valence-corrected chi connectivity index (χ1v) is 11.1. The number of benzene rings is 2. The van der Waals surface area contributed by atoms with Crippen molar-refractivity contribution in [2.75, 3.05) is 12.9 Å². The predicted molar refractivity (Wildman–Crippen MR) is 126 cm³/mol. The summed E-state index contributed by atoms with van der Waals surface area (Å²) >= 11 is 7.11. The van der Waals surface area contributed by atoms with Gasteiger partial charge in [-0.3, -0.25) is 19.5 Å². The van der Waals surface area contributed by atoms with E-state index in [1.54, 1.807) is 42.5 Å². The zero-order chi connectivity index (χ0) is 23.5. The summed E-state index contributed by atoms with van der Waals surface area (Å²) in [6, 6.07) is 11.2. The molecular formula is C22H23ClN4O4S. The number of halogens is 1. The van der Waals surface area contributed by atoms with Crippen molar-refractivity contribution in [3.8, 4) is 11.4 Å². The van der Waals surface area contributed by atoms with Gasteiger partial charge in [0.05, 0.1) is 29.5 Å². The largest absolute Gasteiger partial charge is 0.495 e. The number of amides is 3. The molecule has 1 aromatic heterocycles. The van der Waals surface area contributed by atoms with Crippen molar-refractivity contribution in [3.05, 3.63) is 57.8 Å². The van der Waals surface area contributed by atoms with Crippen LogP contribution in [0.1, 0.15) is 20.8 Å². The minimum absolute atomic E-state index is 0.134.